The normalized spacial score (nSPS) is 14.7. The Labute approximate surface area is 208 Å². The maximum atomic E-state index is 13.6. The van der Waals surface area contributed by atoms with Crippen molar-refractivity contribution in [3.8, 4) is 5.69 Å². The Morgan fingerprint density at radius 1 is 1.00 bits per heavy atom. The van der Waals surface area contributed by atoms with E-state index in [0.29, 0.717) is 42.2 Å². The lowest BCUT2D eigenvalue weighted by Crippen LogP contribution is -2.43. The zero-order valence-electron chi connectivity index (χ0n) is 21.3. The monoisotopic (exact) mass is 492 g/mol. The summed E-state index contributed by atoms with van der Waals surface area (Å²) in [7, 11) is 1.66. The van der Waals surface area contributed by atoms with E-state index in [-0.39, 0.29) is 17.2 Å². The number of piperidine rings is 1. The van der Waals surface area contributed by atoms with E-state index in [1.807, 2.05) is 34.9 Å². The summed E-state index contributed by atoms with van der Waals surface area (Å²) in [6.45, 7) is 9.02. The number of imidazole rings is 2. The van der Waals surface area contributed by atoms with Gasteiger partial charge in [-0.05, 0) is 71.0 Å². The molecule has 1 aliphatic heterocycles. The summed E-state index contributed by atoms with van der Waals surface area (Å²) in [5, 5.41) is 0. The largest absolute Gasteiger partial charge is 0.462 e. The number of fused-ring (bicyclic) bond motifs is 3. The van der Waals surface area contributed by atoms with Crippen LogP contribution in [0, 0.1) is 13.8 Å². The molecule has 0 spiro atoms. The smallest absolute Gasteiger partial charge is 0.338 e. The van der Waals surface area contributed by atoms with Gasteiger partial charge in [-0.3, -0.25) is 22.9 Å². The van der Waals surface area contributed by atoms with Crippen LogP contribution in [-0.4, -0.2) is 60.2 Å². The van der Waals surface area contributed by atoms with Gasteiger partial charge in [-0.25, -0.2) is 9.59 Å². The highest BCUT2D eigenvalue weighted by Gasteiger charge is 2.23. The third kappa shape index (κ3) is 3.85. The number of hydrogen-bond donors (Lipinski definition) is 0. The first-order chi connectivity index (χ1) is 17.3. The summed E-state index contributed by atoms with van der Waals surface area (Å²) in [5.74, 6) is 0.172. The van der Waals surface area contributed by atoms with Crippen LogP contribution in [0.1, 0.15) is 47.9 Å². The molecule has 5 rings (SSSR count). The third-order valence-corrected chi connectivity index (χ3v) is 7.24. The number of esters is 1. The molecule has 0 bridgehead atoms. The Morgan fingerprint density at radius 2 is 1.69 bits per heavy atom. The number of nitrogens with zero attached hydrogens (tertiary/aromatic N) is 6. The number of benzene rings is 1. The first-order valence-corrected chi connectivity index (χ1v) is 12.5. The minimum Gasteiger partial charge on any atom is -0.462 e. The molecule has 0 atom stereocenters. The summed E-state index contributed by atoms with van der Waals surface area (Å²) in [4.78, 5) is 45.9. The van der Waals surface area contributed by atoms with E-state index in [1.54, 1.807) is 26.1 Å². The summed E-state index contributed by atoms with van der Waals surface area (Å²) in [6.07, 6.45) is 3.54. The van der Waals surface area contributed by atoms with Crippen molar-refractivity contribution in [1.29, 1.82) is 0 Å². The van der Waals surface area contributed by atoms with Crippen molar-refractivity contribution < 1.29 is 9.53 Å². The van der Waals surface area contributed by atoms with E-state index >= 15 is 0 Å². The summed E-state index contributed by atoms with van der Waals surface area (Å²) in [5.41, 5.74) is 3.11. The van der Waals surface area contributed by atoms with Crippen molar-refractivity contribution in [3.63, 3.8) is 0 Å². The zero-order valence-corrected chi connectivity index (χ0v) is 21.3. The van der Waals surface area contributed by atoms with Gasteiger partial charge >= 0.3 is 11.7 Å². The van der Waals surface area contributed by atoms with E-state index in [0.717, 1.165) is 43.0 Å². The van der Waals surface area contributed by atoms with Gasteiger partial charge < -0.3 is 9.64 Å². The molecule has 3 aromatic heterocycles. The van der Waals surface area contributed by atoms with E-state index in [9.17, 15) is 14.4 Å². The molecule has 36 heavy (non-hydrogen) atoms. The van der Waals surface area contributed by atoms with Crippen LogP contribution in [0.25, 0.3) is 22.6 Å². The molecule has 1 aromatic carbocycles. The average Bonchev–Trinajstić information content (AvgIpc) is 3.38. The van der Waals surface area contributed by atoms with Crippen LogP contribution in [0.3, 0.4) is 0 Å². The number of aromatic nitrogens is 5. The predicted octanol–water partition coefficient (Wildman–Crippen LogP) is 2.42. The van der Waals surface area contributed by atoms with Crippen LogP contribution in [0.5, 0.6) is 0 Å². The Balaban J connectivity index is 1.63. The van der Waals surface area contributed by atoms with Gasteiger partial charge in [0.15, 0.2) is 11.2 Å². The molecule has 0 N–H and O–H groups in total. The minimum atomic E-state index is -0.374. The second-order valence-corrected chi connectivity index (χ2v) is 9.39. The van der Waals surface area contributed by atoms with Gasteiger partial charge in [0.25, 0.3) is 5.56 Å². The van der Waals surface area contributed by atoms with Gasteiger partial charge in [0.1, 0.15) is 0 Å². The van der Waals surface area contributed by atoms with Crippen LogP contribution in [0.15, 0.2) is 33.9 Å². The molecular weight excluding hydrogens is 460 g/mol. The lowest BCUT2D eigenvalue weighted by Gasteiger charge is -2.26. The van der Waals surface area contributed by atoms with E-state index < -0.39 is 0 Å². The Bertz CT molecular complexity index is 1560. The fourth-order valence-electron chi connectivity index (χ4n) is 5.14. The molecule has 190 valence electrons. The quantitative estimate of drug-likeness (QED) is 0.384. The highest BCUT2D eigenvalue weighted by Crippen LogP contribution is 2.25. The number of carbonyl (C=O) groups is 1. The first kappa shape index (κ1) is 24.1. The lowest BCUT2D eigenvalue weighted by molar-refractivity contribution is 0.0526. The standard InChI is InChI=1S/C26H32N6O4/c1-5-36-24(34)19-9-11-20(12-10-19)31-17(2)18(3)32-21-22(27-25(31)32)28(4)26(35)30(23(21)33)16-15-29-13-7-6-8-14-29/h9-12H,5-8,13-16H2,1-4H3. The van der Waals surface area contributed by atoms with Crippen molar-refractivity contribution in [2.75, 3.05) is 26.2 Å². The van der Waals surface area contributed by atoms with Gasteiger partial charge in [0, 0.05) is 37.2 Å². The molecule has 0 aliphatic carbocycles. The molecule has 1 saturated heterocycles. The number of likely N-dealkylation sites (tertiary alicyclic amines) is 1. The highest BCUT2D eigenvalue weighted by atomic mass is 16.5. The highest BCUT2D eigenvalue weighted by molar-refractivity contribution is 5.89. The molecule has 0 radical (unpaired) electrons. The van der Waals surface area contributed by atoms with Gasteiger partial charge in [0.2, 0.25) is 5.78 Å². The van der Waals surface area contributed by atoms with Crippen molar-refractivity contribution in [2.24, 2.45) is 7.05 Å². The van der Waals surface area contributed by atoms with E-state index in [2.05, 4.69) is 4.90 Å². The summed E-state index contributed by atoms with van der Waals surface area (Å²) in [6, 6.07) is 7.08. The van der Waals surface area contributed by atoms with Crippen molar-refractivity contribution in [1.82, 2.24) is 28.0 Å². The SMILES string of the molecule is CCOC(=O)c1ccc(-n2c(C)c(C)n3c4c(=O)n(CCN5CCCCC5)c(=O)n(C)c4nc23)cc1. The molecule has 0 amide bonds. The minimum absolute atomic E-state index is 0.312. The van der Waals surface area contributed by atoms with Crippen molar-refractivity contribution in [3.05, 3.63) is 62.1 Å². The van der Waals surface area contributed by atoms with Crippen LogP contribution in [-0.2, 0) is 18.3 Å². The number of ether oxygens (including phenoxy) is 1. The molecule has 4 aromatic rings. The summed E-state index contributed by atoms with van der Waals surface area (Å²) >= 11 is 0. The first-order valence-electron chi connectivity index (χ1n) is 12.5. The Hall–Kier alpha value is -3.66. The Morgan fingerprint density at radius 3 is 2.36 bits per heavy atom. The van der Waals surface area contributed by atoms with Crippen molar-refractivity contribution >= 4 is 22.9 Å². The second kappa shape index (κ2) is 9.42. The van der Waals surface area contributed by atoms with Gasteiger partial charge in [-0.2, -0.15) is 4.98 Å². The zero-order chi connectivity index (χ0) is 25.6. The number of aryl methyl sites for hydroxylation is 2. The average molecular weight is 493 g/mol. The molecule has 1 fully saturated rings. The molecular formula is C26H32N6O4. The molecule has 10 nitrogen and oxygen atoms in total. The van der Waals surface area contributed by atoms with Crippen molar-refractivity contribution in [2.45, 2.75) is 46.6 Å². The third-order valence-electron chi connectivity index (χ3n) is 7.24. The Kier molecular flexibility index (Phi) is 6.29. The van der Waals surface area contributed by atoms with Crippen LogP contribution in [0.4, 0.5) is 0 Å². The second-order valence-electron chi connectivity index (χ2n) is 9.39. The lowest BCUT2D eigenvalue weighted by atomic mass is 10.1. The van der Waals surface area contributed by atoms with Crippen LogP contribution >= 0.6 is 0 Å². The molecule has 4 heterocycles. The van der Waals surface area contributed by atoms with Crippen LogP contribution in [0.2, 0.25) is 0 Å². The topological polar surface area (TPSA) is 95.8 Å². The van der Waals surface area contributed by atoms with E-state index in [1.165, 1.54) is 15.6 Å². The van der Waals surface area contributed by atoms with Gasteiger partial charge in [-0.15, -0.1) is 0 Å². The maximum Gasteiger partial charge on any atom is 0.338 e. The fraction of sp³-hybridized carbons (Fsp3) is 0.462. The molecule has 1 aliphatic rings. The number of hydrogen-bond acceptors (Lipinski definition) is 6. The van der Waals surface area contributed by atoms with Gasteiger partial charge in [-0.1, -0.05) is 6.42 Å². The summed E-state index contributed by atoms with van der Waals surface area (Å²) < 4.78 is 11.7. The fourth-order valence-corrected chi connectivity index (χ4v) is 5.14. The predicted molar refractivity (Wildman–Crippen MR) is 137 cm³/mol. The molecule has 0 unspecified atom stereocenters. The van der Waals surface area contributed by atoms with Gasteiger partial charge in [0.05, 0.1) is 12.2 Å². The molecule has 10 heteroatoms. The molecule has 0 saturated carbocycles. The number of rotatable bonds is 6. The maximum absolute atomic E-state index is 13.6. The van der Waals surface area contributed by atoms with E-state index in [4.69, 9.17) is 9.72 Å². The van der Waals surface area contributed by atoms with Crippen LogP contribution < -0.4 is 11.2 Å². The number of carbonyl (C=O) groups excluding carboxylic acids is 1.